The molecule has 2 heterocycles. The van der Waals surface area contributed by atoms with Crippen molar-refractivity contribution in [2.24, 2.45) is 0 Å². The Kier molecular flexibility index (Phi) is 7.10. The third kappa shape index (κ3) is 5.93. The van der Waals surface area contributed by atoms with Crippen molar-refractivity contribution in [3.05, 3.63) is 82.3 Å². The number of hydroxylamine groups is 1. The number of amides is 2. The van der Waals surface area contributed by atoms with Crippen LogP contribution in [0.1, 0.15) is 27.3 Å². The lowest BCUT2D eigenvalue weighted by molar-refractivity contribution is -0.141. The van der Waals surface area contributed by atoms with Gasteiger partial charge in [-0.1, -0.05) is 17.7 Å². The van der Waals surface area contributed by atoms with Gasteiger partial charge in [-0.2, -0.15) is 13.2 Å². The maximum Gasteiger partial charge on any atom is 0.433 e. The summed E-state index contributed by atoms with van der Waals surface area (Å²) in [6.45, 7) is 1.32. The molecule has 0 saturated carbocycles. The van der Waals surface area contributed by atoms with Gasteiger partial charge >= 0.3 is 6.18 Å². The number of nitrogens with zero attached hydrogens (tertiary/aromatic N) is 2. The number of alkyl halides is 3. The first-order valence-corrected chi connectivity index (χ1v) is 9.70. The molecule has 0 spiro atoms. The van der Waals surface area contributed by atoms with Crippen LogP contribution < -0.4 is 10.8 Å². The summed E-state index contributed by atoms with van der Waals surface area (Å²) in [5.41, 5.74) is 2.26. The Balaban J connectivity index is 1.81. The SMILES string of the molecule is Cc1nc(C(F)(F)F)ccc1C(=O)Nc1ccc(Cl)c(-c2ccc(C=CC(=O)NO)cn2)c1. The first-order valence-electron chi connectivity index (χ1n) is 9.33. The van der Waals surface area contributed by atoms with Crippen molar-refractivity contribution in [3.63, 3.8) is 0 Å². The van der Waals surface area contributed by atoms with E-state index in [4.69, 9.17) is 16.8 Å². The third-order valence-corrected chi connectivity index (χ3v) is 4.77. The molecule has 2 aromatic heterocycles. The zero-order chi connectivity index (χ0) is 24.2. The van der Waals surface area contributed by atoms with E-state index in [1.807, 2.05) is 0 Å². The van der Waals surface area contributed by atoms with Crippen molar-refractivity contribution in [1.82, 2.24) is 15.4 Å². The molecule has 0 atom stereocenters. The molecule has 0 unspecified atom stereocenters. The molecule has 3 N–H and O–H groups in total. The second-order valence-corrected chi connectivity index (χ2v) is 7.17. The number of pyridine rings is 2. The topological polar surface area (TPSA) is 104 Å². The lowest BCUT2D eigenvalue weighted by Gasteiger charge is -2.12. The highest BCUT2D eigenvalue weighted by Crippen LogP contribution is 2.31. The van der Waals surface area contributed by atoms with Gasteiger partial charge < -0.3 is 5.32 Å². The van der Waals surface area contributed by atoms with E-state index in [9.17, 15) is 22.8 Å². The fraction of sp³-hybridized carbons (Fsp3) is 0.0909. The Morgan fingerprint density at radius 1 is 1.12 bits per heavy atom. The van der Waals surface area contributed by atoms with Crippen molar-refractivity contribution in [1.29, 1.82) is 0 Å². The number of hydrogen-bond donors (Lipinski definition) is 3. The number of aromatic nitrogens is 2. The molecule has 0 radical (unpaired) electrons. The number of nitrogens with one attached hydrogen (secondary N) is 2. The molecule has 0 saturated heterocycles. The van der Waals surface area contributed by atoms with Crippen LogP contribution in [0.3, 0.4) is 0 Å². The van der Waals surface area contributed by atoms with Crippen LogP contribution in [0.5, 0.6) is 0 Å². The van der Waals surface area contributed by atoms with Gasteiger partial charge in [-0.3, -0.25) is 19.8 Å². The largest absolute Gasteiger partial charge is 0.433 e. The van der Waals surface area contributed by atoms with Gasteiger partial charge in [-0.15, -0.1) is 0 Å². The summed E-state index contributed by atoms with van der Waals surface area (Å²) in [6.07, 6.45) is -0.553. The van der Waals surface area contributed by atoms with E-state index in [2.05, 4.69) is 15.3 Å². The van der Waals surface area contributed by atoms with Crippen molar-refractivity contribution >= 4 is 35.2 Å². The highest BCUT2D eigenvalue weighted by atomic mass is 35.5. The van der Waals surface area contributed by atoms with Gasteiger partial charge in [0.15, 0.2) is 0 Å². The summed E-state index contributed by atoms with van der Waals surface area (Å²) < 4.78 is 38.4. The van der Waals surface area contributed by atoms with Crippen LogP contribution in [-0.4, -0.2) is 27.0 Å². The lowest BCUT2D eigenvalue weighted by Crippen LogP contribution is -2.16. The van der Waals surface area contributed by atoms with Gasteiger partial charge in [0.25, 0.3) is 11.8 Å². The van der Waals surface area contributed by atoms with E-state index < -0.39 is 23.7 Å². The van der Waals surface area contributed by atoms with Gasteiger partial charge in [0.2, 0.25) is 0 Å². The average molecular weight is 477 g/mol. The van der Waals surface area contributed by atoms with Crippen LogP contribution >= 0.6 is 11.6 Å². The predicted octanol–water partition coefficient (Wildman–Crippen LogP) is 4.90. The van der Waals surface area contributed by atoms with E-state index in [0.717, 1.165) is 18.2 Å². The number of hydrogen-bond acceptors (Lipinski definition) is 5. The Hall–Kier alpha value is -3.76. The van der Waals surface area contributed by atoms with Crippen molar-refractivity contribution in [3.8, 4) is 11.3 Å². The Labute approximate surface area is 190 Å². The van der Waals surface area contributed by atoms with Crippen molar-refractivity contribution < 1.29 is 28.0 Å². The van der Waals surface area contributed by atoms with E-state index >= 15 is 0 Å². The maximum atomic E-state index is 12.8. The lowest BCUT2D eigenvalue weighted by atomic mass is 10.1. The average Bonchev–Trinajstić information content (AvgIpc) is 2.78. The summed E-state index contributed by atoms with van der Waals surface area (Å²) >= 11 is 6.27. The van der Waals surface area contributed by atoms with Crippen LogP contribution in [0.25, 0.3) is 17.3 Å². The molecule has 1 aromatic carbocycles. The van der Waals surface area contributed by atoms with Crippen LogP contribution in [0.2, 0.25) is 5.02 Å². The van der Waals surface area contributed by atoms with Crippen molar-refractivity contribution in [2.45, 2.75) is 13.1 Å². The molecule has 3 rings (SSSR count). The molecule has 0 aliphatic heterocycles. The Morgan fingerprint density at radius 2 is 1.88 bits per heavy atom. The number of benzene rings is 1. The van der Waals surface area contributed by atoms with Gasteiger partial charge in [-0.25, -0.2) is 10.5 Å². The van der Waals surface area contributed by atoms with E-state index in [1.165, 1.54) is 24.7 Å². The molecular weight excluding hydrogens is 461 g/mol. The zero-order valence-corrected chi connectivity index (χ0v) is 17.7. The molecule has 7 nitrogen and oxygen atoms in total. The summed E-state index contributed by atoms with van der Waals surface area (Å²) in [5, 5.41) is 11.5. The van der Waals surface area contributed by atoms with E-state index in [-0.39, 0.29) is 11.3 Å². The van der Waals surface area contributed by atoms with Crippen LogP contribution in [-0.2, 0) is 11.0 Å². The second kappa shape index (κ2) is 9.80. The van der Waals surface area contributed by atoms with Gasteiger partial charge in [0.05, 0.1) is 22.0 Å². The van der Waals surface area contributed by atoms with Crippen LogP contribution in [0, 0.1) is 6.92 Å². The Morgan fingerprint density at radius 3 is 2.48 bits per heavy atom. The van der Waals surface area contributed by atoms with Crippen molar-refractivity contribution in [2.75, 3.05) is 5.32 Å². The molecule has 170 valence electrons. The molecule has 0 aliphatic carbocycles. The highest BCUT2D eigenvalue weighted by molar-refractivity contribution is 6.33. The van der Waals surface area contributed by atoms with Gasteiger partial charge in [0, 0.05) is 23.5 Å². The van der Waals surface area contributed by atoms with Crippen LogP contribution in [0.4, 0.5) is 18.9 Å². The van der Waals surface area contributed by atoms with E-state index in [0.29, 0.717) is 27.5 Å². The highest BCUT2D eigenvalue weighted by Gasteiger charge is 2.33. The maximum absolute atomic E-state index is 12.8. The fourth-order valence-electron chi connectivity index (χ4n) is 2.83. The molecule has 11 heteroatoms. The van der Waals surface area contributed by atoms with Gasteiger partial charge in [-0.05, 0) is 55.0 Å². The normalized spacial score (nSPS) is 11.5. The summed E-state index contributed by atoms with van der Waals surface area (Å²) in [4.78, 5) is 31.4. The summed E-state index contributed by atoms with van der Waals surface area (Å²) in [6, 6.07) is 9.80. The minimum absolute atomic E-state index is 0.000631. The minimum atomic E-state index is -4.60. The smallest absolute Gasteiger partial charge is 0.322 e. The standard InChI is InChI=1S/C22H16ClF3N4O3/c1-12-15(5-8-19(28-12)22(24,25)26)21(32)29-14-4-6-17(23)16(10-14)18-7-2-13(11-27-18)3-9-20(31)30-33/h2-11,33H,1H3,(H,29,32)(H,30,31). The minimum Gasteiger partial charge on any atom is -0.322 e. The van der Waals surface area contributed by atoms with E-state index in [1.54, 1.807) is 30.3 Å². The number of anilines is 1. The first-order chi connectivity index (χ1) is 15.6. The molecular formula is C22H16ClF3N4O3. The molecule has 2 amide bonds. The second-order valence-electron chi connectivity index (χ2n) is 6.76. The molecule has 0 bridgehead atoms. The molecule has 33 heavy (non-hydrogen) atoms. The number of aryl methyl sites for hydroxylation is 1. The predicted molar refractivity (Wildman–Crippen MR) is 116 cm³/mol. The molecule has 3 aromatic rings. The third-order valence-electron chi connectivity index (χ3n) is 4.44. The van der Waals surface area contributed by atoms with Gasteiger partial charge in [0.1, 0.15) is 5.69 Å². The molecule has 0 fully saturated rings. The zero-order valence-electron chi connectivity index (χ0n) is 16.9. The summed E-state index contributed by atoms with van der Waals surface area (Å²) in [5.74, 6) is -1.32. The summed E-state index contributed by atoms with van der Waals surface area (Å²) in [7, 11) is 0. The fourth-order valence-corrected chi connectivity index (χ4v) is 3.04. The Bertz CT molecular complexity index is 1230. The number of halogens is 4. The number of rotatable bonds is 5. The molecule has 0 aliphatic rings. The number of carbonyl (C=O) groups is 2. The first kappa shape index (κ1) is 23.9. The monoisotopic (exact) mass is 476 g/mol. The van der Waals surface area contributed by atoms with Crippen LogP contribution in [0.15, 0.2) is 54.7 Å². The number of carbonyl (C=O) groups excluding carboxylic acids is 2. The quantitative estimate of drug-likeness (QED) is 0.276.